The number of hydrogen-bond donors (Lipinski definition) is 1. The van der Waals surface area contributed by atoms with E-state index in [9.17, 15) is 18.0 Å². The first kappa shape index (κ1) is 25.0. The van der Waals surface area contributed by atoms with Crippen LogP contribution in [-0.2, 0) is 37.5 Å². The summed E-state index contributed by atoms with van der Waals surface area (Å²) >= 11 is 0. The summed E-state index contributed by atoms with van der Waals surface area (Å²) in [4.78, 5) is 23.8. The minimum absolute atomic E-state index is 0.0727. The maximum atomic E-state index is 12.4. The molecular formula is C26H27NO6S. The molecule has 0 fully saturated rings. The molecule has 7 nitrogen and oxygen atoms in total. The zero-order valence-electron chi connectivity index (χ0n) is 18.8. The lowest BCUT2D eigenvalue weighted by Gasteiger charge is -2.17. The summed E-state index contributed by atoms with van der Waals surface area (Å²) in [5, 5.41) is 2.75. The van der Waals surface area contributed by atoms with E-state index in [0.29, 0.717) is 13.0 Å². The van der Waals surface area contributed by atoms with E-state index in [2.05, 4.69) is 5.32 Å². The van der Waals surface area contributed by atoms with E-state index in [0.717, 1.165) is 11.1 Å². The number of carbonyl (C=O) groups excluding carboxylic acids is 2. The van der Waals surface area contributed by atoms with Crippen molar-refractivity contribution in [2.75, 3.05) is 6.54 Å². The molecule has 178 valence electrons. The number of nitrogens with one attached hydrogen (secondary N) is 1. The molecule has 1 unspecified atom stereocenters. The van der Waals surface area contributed by atoms with Crippen molar-refractivity contribution in [1.29, 1.82) is 0 Å². The van der Waals surface area contributed by atoms with Crippen LogP contribution in [-0.4, -0.2) is 26.8 Å². The Bertz CT molecular complexity index is 1180. The second-order valence-corrected chi connectivity index (χ2v) is 9.40. The molecular weight excluding hydrogens is 454 g/mol. The fourth-order valence-corrected chi connectivity index (χ4v) is 4.26. The molecule has 0 bridgehead atoms. The van der Waals surface area contributed by atoms with Gasteiger partial charge in [0.2, 0.25) is 5.91 Å². The van der Waals surface area contributed by atoms with Crippen LogP contribution in [0.1, 0.15) is 24.5 Å². The van der Waals surface area contributed by atoms with Crippen molar-refractivity contribution in [3.05, 3.63) is 96.1 Å². The first-order valence-corrected chi connectivity index (χ1v) is 12.2. The van der Waals surface area contributed by atoms with Gasteiger partial charge in [0.1, 0.15) is 17.3 Å². The normalized spacial score (nSPS) is 11.9. The summed E-state index contributed by atoms with van der Waals surface area (Å²) < 4.78 is 35.4. The van der Waals surface area contributed by atoms with Crippen LogP contribution < -0.4 is 9.50 Å². The Morgan fingerprint density at radius 2 is 1.47 bits per heavy atom. The van der Waals surface area contributed by atoms with Crippen molar-refractivity contribution < 1.29 is 26.9 Å². The Balaban J connectivity index is 1.60. The van der Waals surface area contributed by atoms with Crippen LogP contribution in [0.2, 0.25) is 0 Å². The summed E-state index contributed by atoms with van der Waals surface area (Å²) in [5.74, 6) is -0.536. The van der Waals surface area contributed by atoms with E-state index in [-0.39, 0.29) is 41.5 Å². The van der Waals surface area contributed by atoms with Crippen LogP contribution >= 0.6 is 0 Å². The number of esters is 1. The molecule has 3 aromatic rings. The molecule has 0 spiro atoms. The van der Waals surface area contributed by atoms with Gasteiger partial charge in [0.15, 0.2) is 0 Å². The molecule has 0 heterocycles. The predicted molar refractivity (Wildman–Crippen MR) is 127 cm³/mol. The summed E-state index contributed by atoms with van der Waals surface area (Å²) in [5.41, 5.74) is 1.77. The summed E-state index contributed by atoms with van der Waals surface area (Å²) in [6.07, 6.45) is 0.625. The molecule has 0 aliphatic rings. The first-order chi connectivity index (χ1) is 16.3. The Labute approximate surface area is 199 Å². The second-order valence-electron chi connectivity index (χ2n) is 7.85. The highest BCUT2D eigenvalue weighted by Crippen LogP contribution is 2.21. The summed E-state index contributed by atoms with van der Waals surface area (Å²) in [7, 11) is -3.92. The number of hydrogen-bond acceptors (Lipinski definition) is 6. The first-order valence-electron chi connectivity index (χ1n) is 10.8. The van der Waals surface area contributed by atoms with Gasteiger partial charge in [-0.1, -0.05) is 60.7 Å². The molecule has 34 heavy (non-hydrogen) atoms. The third-order valence-corrected chi connectivity index (χ3v) is 6.28. The zero-order valence-corrected chi connectivity index (χ0v) is 19.7. The molecule has 1 atom stereocenters. The van der Waals surface area contributed by atoms with E-state index in [4.69, 9.17) is 8.92 Å². The fourth-order valence-electron chi connectivity index (χ4n) is 3.31. The molecule has 1 N–H and O–H groups in total. The Morgan fingerprint density at radius 3 is 2.09 bits per heavy atom. The molecule has 1 amide bonds. The topological polar surface area (TPSA) is 98.8 Å². The smallest absolute Gasteiger partial charge is 0.339 e. The van der Waals surface area contributed by atoms with Crippen LogP contribution in [0.15, 0.2) is 89.8 Å². The number of benzene rings is 3. The molecule has 8 heteroatoms. The number of carbonyl (C=O) groups is 2. The third-order valence-electron chi connectivity index (χ3n) is 5.02. The van der Waals surface area contributed by atoms with Crippen molar-refractivity contribution in [3.63, 3.8) is 0 Å². The highest BCUT2D eigenvalue weighted by atomic mass is 32.2. The predicted octanol–water partition coefficient (Wildman–Crippen LogP) is 3.88. The lowest BCUT2D eigenvalue weighted by Crippen LogP contribution is -2.30. The average molecular weight is 482 g/mol. The zero-order chi connectivity index (χ0) is 24.4. The van der Waals surface area contributed by atoms with Crippen molar-refractivity contribution >= 4 is 22.0 Å². The van der Waals surface area contributed by atoms with Crippen LogP contribution in [0.5, 0.6) is 5.75 Å². The van der Waals surface area contributed by atoms with Crippen LogP contribution in [0.4, 0.5) is 0 Å². The highest BCUT2D eigenvalue weighted by Gasteiger charge is 2.18. The van der Waals surface area contributed by atoms with Gasteiger partial charge in [0.25, 0.3) is 0 Å². The largest absolute Gasteiger partial charge is 0.461 e. The fraction of sp³-hybridized carbons (Fsp3) is 0.231. The molecule has 0 aliphatic carbocycles. The monoisotopic (exact) mass is 481 g/mol. The summed E-state index contributed by atoms with van der Waals surface area (Å²) in [6, 6.07) is 23.9. The molecule has 0 saturated carbocycles. The average Bonchev–Trinajstić information content (AvgIpc) is 2.83. The van der Waals surface area contributed by atoms with Gasteiger partial charge in [-0.25, -0.2) is 0 Å². The van der Waals surface area contributed by atoms with Crippen molar-refractivity contribution in [2.24, 2.45) is 5.92 Å². The Morgan fingerprint density at radius 1 is 0.853 bits per heavy atom. The maximum Gasteiger partial charge on any atom is 0.339 e. The van der Waals surface area contributed by atoms with Crippen molar-refractivity contribution in [1.82, 2.24) is 5.32 Å². The number of rotatable bonds is 11. The molecule has 3 rings (SSSR count). The molecule has 0 aliphatic heterocycles. The van der Waals surface area contributed by atoms with Gasteiger partial charge in [-0.15, -0.1) is 0 Å². The second kappa shape index (κ2) is 12.0. The van der Waals surface area contributed by atoms with Crippen LogP contribution in [0.25, 0.3) is 0 Å². The highest BCUT2D eigenvalue weighted by molar-refractivity contribution is 7.87. The Kier molecular flexibility index (Phi) is 8.81. The standard InChI is InChI=1S/C26H27NO6S/c1-20(28)27-18-23(17-26(29)32-19-22-8-4-2-5-9-22)16-21-12-14-24(15-13-21)33-34(30,31)25-10-6-3-7-11-25/h2-15,23H,16-19H2,1H3,(H,27,28). The number of amides is 1. The van der Waals surface area contributed by atoms with Crippen molar-refractivity contribution in [3.8, 4) is 5.75 Å². The minimum atomic E-state index is -3.92. The minimum Gasteiger partial charge on any atom is -0.461 e. The van der Waals surface area contributed by atoms with E-state index < -0.39 is 10.1 Å². The molecule has 0 radical (unpaired) electrons. The van der Waals surface area contributed by atoms with Gasteiger partial charge in [0.05, 0.1) is 6.42 Å². The van der Waals surface area contributed by atoms with E-state index in [1.807, 2.05) is 30.3 Å². The number of ether oxygens (including phenoxy) is 1. The van der Waals surface area contributed by atoms with E-state index >= 15 is 0 Å². The lowest BCUT2D eigenvalue weighted by molar-refractivity contribution is -0.146. The van der Waals surface area contributed by atoms with E-state index in [1.165, 1.54) is 19.1 Å². The van der Waals surface area contributed by atoms with Gasteiger partial charge in [0, 0.05) is 13.5 Å². The van der Waals surface area contributed by atoms with Gasteiger partial charge in [-0.3, -0.25) is 9.59 Å². The van der Waals surface area contributed by atoms with Gasteiger partial charge >= 0.3 is 16.1 Å². The van der Waals surface area contributed by atoms with E-state index in [1.54, 1.807) is 42.5 Å². The molecule has 0 saturated heterocycles. The van der Waals surface area contributed by atoms with Crippen molar-refractivity contribution in [2.45, 2.75) is 31.3 Å². The van der Waals surface area contributed by atoms with Crippen LogP contribution in [0, 0.1) is 5.92 Å². The summed E-state index contributed by atoms with van der Waals surface area (Å²) in [6.45, 7) is 1.93. The van der Waals surface area contributed by atoms with Gasteiger partial charge < -0.3 is 14.2 Å². The van der Waals surface area contributed by atoms with Gasteiger partial charge in [-0.2, -0.15) is 8.42 Å². The quantitative estimate of drug-likeness (QED) is 0.330. The van der Waals surface area contributed by atoms with Crippen LogP contribution in [0.3, 0.4) is 0 Å². The Hall–Kier alpha value is -3.65. The maximum absolute atomic E-state index is 12.4. The third kappa shape index (κ3) is 8.04. The molecule has 0 aromatic heterocycles. The SMILES string of the molecule is CC(=O)NCC(CC(=O)OCc1ccccc1)Cc1ccc(OS(=O)(=O)c2ccccc2)cc1. The lowest BCUT2D eigenvalue weighted by atomic mass is 9.96. The molecule has 3 aromatic carbocycles. The van der Waals surface area contributed by atoms with Gasteiger partial charge in [-0.05, 0) is 47.7 Å².